The lowest BCUT2D eigenvalue weighted by Crippen LogP contribution is -2.42. The largest absolute Gasteiger partial charge is 0.361 e. The highest BCUT2D eigenvalue weighted by molar-refractivity contribution is 6.07. The number of aromatic amines is 1. The zero-order valence-corrected chi connectivity index (χ0v) is 14.0. The molecule has 0 saturated heterocycles. The smallest absolute Gasteiger partial charge is 0.270 e. The molecule has 0 aliphatic heterocycles. The van der Waals surface area contributed by atoms with Crippen LogP contribution in [0.15, 0.2) is 72.9 Å². The number of H-pyrrole nitrogens is 1. The van der Waals surface area contributed by atoms with Gasteiger partial charge in [-0.05, 0) is 28.5 Å². The van der Waals surface area contributed by atoms with E-state index in [1.165, 1.54) is 0 Å². The van der Waals surface area contributed by atoms with Crippen LogP contribution in [0, 0.1) is 0 Å². The van der Waals surface area contributed by atoms with Gasteiger partial charge in [-0.15, -0.1) is 0 Å². The zero-order valence-electron chi connectivity index (χ0n) is 14.0. The van der Waals surface area contributed by atoms with Crippen LogP contribution < -0.4 is 10.9 Å². The monoisotopic (exact) mass is 343 g/mol. The topological polar surface area (TPSA) is 74.0 Å². The third kappa shape index (κ3) is 3.02. The molecule has 5 nitrogen and oxygen atoms in total. The van der Waals surface area contributed by atoms with Gasteiger partial charge >= 0.3 is 0 Å². The van der Waals surface area contributed by atoms with Gasteiger partial charge in [-0.25, -0.2) is 0 Å². The molecule has 0 bridgehead atoms. The fourth-order valence-electron chi connectivity index (χ4n) is 3.11. The van der Waals surface area contributed by atoms with Crippen LogP contribution in [0.1, 0.15) is 15.9 Å². The average Bonchev–Trinajstić information content (AvgIpc) is 3.08. The zero-order chi connectivity index (χ0) is 17.9. The minimum absolute atomic E-state index is 0.180. The summed E-state index contributed by atoms with van der Waals surface area (Å²) in [7, 11) is 0. The van der Waals surface area contributed by atoms with Crippen molar-refractivity contribution in [2.45, 2.75) is 6.42 Å². The minimum atomic E-state index is -0.339. The van der Waals surface area contributed by atoms with Gasteiger partial charge in [0.05, 0.1) is 6.42 Å². The summed E-state index contributed by atoms with van der Waals surface area (Å²) in [4.78, 5) is 27.8. The van der Waals surface area contributed by atoms with Crippen molar-refractivity contribution in [2.24, 2.45) is 0 Å². The van der Waals surface area contributed by atoms with E-state index in [0.717, 1.165) is 27.2 Å². The van der Waals surface area contributed by atoms with Crippen LogP contribution in [0.5, 0.6) is 0 Å². The number of benzene rings is 3. The quantitative estimate of drug-likeness (QED) is 0.499. The number of para-hydroxylation sites is 1. The average molecular weight is 343 g/mol. The molecule has 0 aliphatic carbocycles. The van der Waals surface area contributed by atoms with Gasteiger partial charge in [-0.2, -0.15) is 0 Å². The first-order valence-electron chi connectivity index (χ1n) is 8.34. The third-order valence-electron chi connectivity index (χ3n) is 4.38. The van der Waals surface area contributed by atoms with Gasteiger partial charge in [0.25, 0.3) is 5.91 Å². The number of nitrogens with one attached hydrogen (secondary N) is 3. The standard InChI is InChI=1S/C21H17N3O2/c25-20(12-15-13-22-19-11-4-3-9-17(15)19)23-24-21(26)18-10-5-7-14-6-1-2-8-16(14)18/h1-11,13,22H,12H2,(H,23,25)(H,24,26). The second-order valence-electron chi connectivity index (χ2n) is 6.07. The molecule has 0 fully saturated rings. The molecule has 0 unspecified atom stereocenters. The molecule has 0 saturated carbocycles. The first kappa shape index (κ1) is 15.9. The predicted octanol–water partition coefficient (Wildman–Crippen LogP) is 3.32. The molecule has 4 aromatic rings. The van der Waals surface area contributed by atoms with Gasteiger partial charge in [0.1, 0.15) is 0 Å². The normalized spacial score (nSPS) is 10.8. The third-order valence-corrected chi connectivity index (χ3v) is 4.38. The number of carbonyl (C=O) groups is 2. The molecule has 4 rings (SSSR count). The van der Waals surface area contributed by atoms with Crippen LogP contribution in [0.2, 0.25) is 0 Å². The van der Waals surface area contributed by atoms with Gasteiger partial charge in [0, 0.05) is 22.7 Å². The summed E-state index contributed by atoms with van der Waals surface area (Å²) >= 11 is 0. The van der Waals surface area contributed by atoms with E-state index in [-0.39, 0.29) is 18.2 Å². The van der Waals surface area contributed by atoms with Crippen molar-refractivity contribution in [1.29, 1.82) is 0 Å². The van der Waals surface area contributed by atoms with Crippen LogP contribution in [-0.2, 0) is 11.2 Å². The Morgan fingerprint density at radius 2 is 1.54 bits per heavy atom. The number of carbonyl (C=O) groups excluding carboxylic acids is 2. The molecule has 0 radical (unpaired) electrons. The maximum absolute atomic E-state index is 12.4. The first-order valence-corrected chi connectivity index (χ1v) is 8.34. The molecule has 26 heavy (non-hydrogen) atoms. The van der Waals surface area contributed by atoms with Crippen molar-refractivity contribution in [3.63, 3.8) is 0 Å². The van der Waals surface area contributed by atoms with Crippen molar-refractivity contribution in [2.75, 3.05) is 0 Å². The van der Waals surface area contributed by atoms with E-state index in [2.05, 4.69) is 15.8 Å². The lowest BCUT2D eigenvalue weighted by molar-refractivity contribution is -0.121. The number of fused-ring (bicyclic) bond motifs is 2. The van der Waals surface area contributed by atoms with Crippen molar-refractivity contribution >= 4 is 33.5 Å². The van der Waals surface area contributed by atoms with Gasteiger partial charge in [-0.1, -0.05) is 54.6 Å². The summed E-state index contributed by atoms with van der Waals surface area (Å²) in [5, 5.41) is 2.83. The van der Waals surface area contributed by atoms with E-state index in [0.29, 0.717) is 5.56 Å². The number of hydrazine groups is 1. The Morgan fingerprint density at radius 3 is 2.42 bits per heavy atom. The number of aromatic nitrogens is 1. The summed E-state index contributed by atoms with van der Waals surface area (Å²) < 4.78 is 0. The van der Waals surface area contributed by atoms with Crippen molar-refractivity contribution in [3.8, 4) is 0 Å². The summed E-state index contributed by atoms with van der Waals surface area (Å²) in [5.41, 5.74) is 7.39. The van der Waals surface area contributed by atoms with E-state index in [4.69, 9.17) is 0 Å². The maximum Gasteiger partial charge on any atom is 0.270 e. The van der Waals surface area contributed by atoms with Gasteiger partial charge in [0.15, 0.2) is 0 Å². The highest BCUT2D eigenvalue weighted by Crippen LogP contribution is 2.19. The molecular formula is C21H17N3O2. The number of amides is 2. The Bertz CT molecular complexity index is 1110. The molecular weight excluding hydrogens is 326 g/mol. The lowest BCUT2D eigenvalue weighted by atomic mass is 10.0. The second kappa shape index (κ2) is 6.72. The molecule has 3 aromatic carbocycles. The second-order valence-corrected chi connectivity index (χ2v) is 6.07. The minimum Gasteiger partial charge on any atom is -0.361 e. The molecule has 3 N–H and O–H groups in total. The summed E-state index contributed by atoms with van der Waals surface area (Å²) in [5.74, 6) is -0.614. The molecule has 1 aromatic heterocycles. The fourth-order valence-corrected chi connectivity index (χ4v) is 3.11. The Hall–Kier alpha value is -3.60. The molecule has 128 valence electrons. The van der Waals surface area contributed by atoms with Crippen LogP contribution in [-0.4, -0.2) is 16.8 Å². The van der Waals surface area contributed by atoms with E-state index in [9.17, 15) is 9.59 Å². The number of hydrogen-bond donors (Lipinski definition) is 3. The Kier molecular flexibility index (Phi) is 4.11. The van der Waals surface area contributed by atoms with E-state index in [1.807, 2.05) is 66.9 Å². The summed E-state index contributed by atoms with van der Waals surface area (Å²) in [6.07, 6.45) is 2.00. The molecule has 0 spiro atoms. The fraction of sp³-hybridized carbons (Fsp3) is 0.0476. The molecule has 2 amide bonds. The van der Waals surface area contributed by atoms with Crippen molar-refractivity contribution < 1.29 is 9.59 Å². The molecule has 1 heterocycles. The Labute approximate surface area is 150 Å². The van der Waals surface area contributed by atoms with Crippen LogP contribution in [0.3, 0.4) is 0 Å². The summed E-state index contributed by atoms with van der Waals surface area (Å²) in [6.45, 7) is 0. The first-order chi connectivity index (χ1) is 12.7. The van der Waals surface area contributed by atoms with E-state index >= 15 is 0 Å². The number of hydrogen-bond acceptors (Lipinski definition) is 2. The Morgan fingerprint density at radius 1 is 0.808 bits per heavy atom. The Balaban J connectivity index is 1.45. The van der Waals surface area contributed by atoms with Gasteiger partial charge < -0.3 is 4.98 Å². The maximum atomic E-state index is 12.4. The van der Waals surface area contributed by atoms with Crippen molar-refractivity contribution in [3.05, 3.63) is 84.1 Å². The SMILES string of the molecule is O=C(Cc1c[nH]c2ccccc12)NNC(=O)c1cccc2ccccc12. The predicted molar refractivity (Wildman–Crippen MR) is 102 cm³/mol. The molecule has 0 atom stereocenters. The van der Waals surface area contributed by atoms with Gasteiger partial charge in [0.2, 0.25) is 5.91 Å². The van der Waals surface area contributed by atoms with E-state index in [1.54, 1.807) is 6.07 Å². The highest BCUT2D eigenvalue weighted by atomic mass is 16.2. The highest BCUT2D eigenvalue weighted by Gasteiger charge is 2.12. The molecule has 5 heteroatoms. The molecule has 0 aliphatic rings. The summed E-state index contributed by atoms with van der Waals surface area (Å²) in [6, 6.07) is 20.9. The van der Waals surface area contributed by atoms with Crippen molar-refractivity contribution in [1.82, 2.24) is 15.8 Å². The van der Waals surface area contributed by atoms with E-state index < -0.39 is 0 Å². The van der Waals surface area contributed by atoms with Crippen LogP contribution in [0.25, 0.3) is 21.7 Å². The van der Waals surface area contributed by atoms with Crippen LogP contribution in [0.4, 0.5) is 0 Å². The number of rotatable bonds is 3. The van der Waals surface area contributed by atoms with Gasteiger partial charge in [-0.3, -0.25) is 20.4 Å². The lowest BCUT2D eigenvalue weighted by Gasteiger charge is -2.09. The van der Waals surface area contributed by atoms with Crippen LogP contribution >= 0.6 is 0 Å².